The summed E-state index contributed by atoms with van der Waals surface area (Å²) in [5.74, 6) is 0.627. The molecule has 3 nitrogen and oxygen atoms in total. The van der Waals surface area contributed by atoms with Gasteiger partial charge in [0.1, 0.15) is 0 Å². The van der Waals surface area contributed by atoms with Crippen molar-refractivity contribution >= 4 is 5.91 Å². The Morgan fingerprint density at radius 1 is 1.16 bits per heavy atom. The van der Waals surface area contributed by atoms with Crippen LogP contribution in [0.3, 0.4) is 0 Å². The maximum Gasteiger partial charge on any atom is 0.220 e. The van der Waals surface area contributed by atoms with Gasteiger partial charge in [0.05, 0.1) is 0 Å². The Labute approximate surface area is 117 Å². The monoisotopic (exact) mass is 266 g/mol. The van der Waals surface area contributed by atoms with E-state index in [2.05, 4.69) is 12.2 Å². The highest BCUT2D eigenvalue weighted by Crippen LogP contribution is 2.35. The number of carbonyl (C=O) groups excluding carboxylic acids is 1. The van der Waals surface area contributed by atoms with Crippen molar-refractivity contribution in [3.05, 3.63) is 0 Å². The second-order valence-electron chi connectivity index (χ2n) is 7.06. The van der Waals surface area contributed by atoms with E-state index in [1.807, 2.05) is 0 Å². The number of nitrogens with two attached hydrogens (primary N) is 1. The van der Waals surface area contributed by atoms with E-state index >= 15 is 0 Å². The van der Waals surface area contributed by atoms with E-state index in [4.69, 9.17) is 5.73 Å². The van der Waals surface area contributed by atoms with Crippen molar-refractivity contribution in [3.63, 3.8) is 0 Å². The van der Waals surface area contributed by atoms with Gasteiger partial charge in [0.2, 0.25) is 5.91 Å². The molecule has 1 amide bonds. The normalized spacial score (nSPS) is 30.8. The zero-order chi connectivity index (χ0) is 13.7. The van der Waals surface area contributed by atoms with Gasteiger partial charge in [-0.3, -0.25) is 4.79 Å². The third kappa shape index (κ3) is 4.48. The van der Waals surface area contributed by atoms with Gasteiger partial charge in [0, 0.05) is 19.0 Å². The fraction of sp³-hybridized carbons (Fsp3) is 0.938. The van der Waals surface area contributed by atoms with Gasteiger partial charge in [0.15, 0.2) is 0 Å². The molecule has 0 aromatic rings. The second kappa shape index (κ2) is 6.74. The Bertz CT molecular complexity index is 297. The molecule has 3 N–H and O–H groups in total. The maximum atomic E-state index is 12.1. The molecule has 0 spiro atoms. The van der Waals surface area contributed by atoms with Crippen LogP contribution in [0.1, 0.15) is 71.1 Å². The first-order valence-electron chi connectivity index (χ1n) is 8.11. The summed E-state index contributed by atoms with van der Waals surface area (Å²) >= 11 is 0. The maximum absolute atomic E-state index is 12.1. The van der Waals surface area contributed by atoms with E-state index in [-0.39, 0.29) is 11.9 Å². The molecule has 2 fully saturated rings. The zero-order valence-corrected chi connectivity index (χ0v) is 12.4. The van der Waals surface area contributed by atoms with Gasteiger partial charge in [-0.1, -0.05) is 39.0 Å². The molecule has 19 heavy (non-hydrogen) atoms. The van der Waals surface area contributed by atoms with Gasteiger partial charge in [-0.15, -0.1) is 0 Å². The minimum atomic E-state index is 0.217. The zero-order valence-electron chi connectivity index (χ0n) is 12.4. The molecule has 110 valence electrons. The third-order valence-corrected chi connectivity index (χ3v) is 5.19. The fourth-order valence-electron chi connectivity index (χ4n) is 3.69. The largest absolute Gasteiger partial charge is 0.356 e. The predicted molar refractivity (Wildman–Crippen MR) is 78.8 cm³/mol. The average Bonchev–Trinajstić information content (AvgIpc) is 2.40. The predicted octanol–water partition coefficient (Wildman–Crippen LogP) is 2.98. The van der Waals surface area contributed by atoms with E-state index < -0.39 is 0 Å². The number of hydrogen-bond donors (Lipinski definition) is 2. The summed E-state index contributed by atoms with van der Waals surface area (Å²) in [6.45, 7) is 3.17. The summed E-state index contributed by atoms with van der Waals surface area (Å²) in [5.41, 5.74) is 6.45. The lowest BCUT2D eigenvalue weighted by Gasteiger charge is -2.34. The minimum Gasteiger partial charge on any atom is -0.356 e. The van der Waals surface area contributed by atoms with Crippen LogP contribution in [0, 0.1) is 11.3 Å². The van der Waals surface area contributed by atoms with E-state index in [0.29, 0.717) is 17.8 Å². The number of hydrogen-bond acceptors (Lipinski definition) is 2. The lowest BCUT2D eigenvalue weighted by atomic mass is 9.75. The molecule has 0 aromatic heterocycles. The first-order chi connectivity index (χ1) is 9.09. The molecule has 3 heteroatoms. The fourth-order valence-corrected chi connectivity index (χ4v) is 3.69. The molecular weight excluding hydrogens is 236 g/mol. The topological polar surface area (TPSA) is 55.1 Å². The smallest absolute Gasteiger partial charge is 0.220 e. The highest BCUT2D eigenvalue weighted by Gasteiger charge is 2.28. The summed E-state index contributed by atoms with van der Waals surface area (Å²) in [6.07, 6.45) is 11.9. The van der Waals surface area contributed by atoms with Crippen molar-refractivity contribution in [3.8, 4) is 0 Å². The number of amides is 1. The van der Waals surface area contributed by atoms with Crippen molar-refractivity contribution in [1.29, 1.82) is 0 Å². The summed E-state index contributed by atoms with van der Waals surface area (Å²) in [7, 11) is 0. The molecule has 0 heterocycles. The summed E-state index contributed by atoms with van der Waals surface area (Å²) in [6, 6.07) is 0.241. The first-order valence-corrected chi connectivity index (χ1v) is 8.11. The van der Waals surface area contributed by atoms with Crippen LogP contribution in [0.5, 0.6) is 0 Å². The third-order valence-electron chi connectivity index (χ3n) is 5.19. The molecule has 2 atom stereocenters. The highest BCUT2D eigenvalue weighted by molar-refractivity contribution is 5.76. The van der Waals surface area contributed by atoms with E-state index in [1.165, 1.54) is 44.9 Å². The van der Waals surface area contributed by atoms with Crippen LogP contribution in [0.2, 0.25) is 0 Å². The van der Waals surface area contributed by atoms with Crippen LogP contribution in [0.15, 0.2) is 0 Å². The van der Waals surface area contributed by atoms with E-state index in [0.717, 1.165) is 19.4 Å². The van der Waals surface area contributed by atoms with Crippen LogP contribution >= 0.6 is 0 Å². The Balaban J connectivity index is 1.71. The molecule has 0 aliphatic heterocycles. The van der Waals surface area contributed by atoms with Crippen LogP contribution in [0.4, 0.5) is 0 Å². The number of rotatable bonds is 4. The number of carbonyl (C=O) groups is 1. The van der Waals surface area contributed by atoms with Gasteiger partial charge in [0.25, 0.3) is 0 Å². The summed E-state index contributed by atoms with van der Waals surface area (Å²) < 4.78 is 0. The van der Waals surface area contributed by atoms with Gasteiger partial charge in [-0.05, 0) is 37.0 Å². The van der Waals surface area contributed by atoms with Crippen molar-refractivity contribution in [2.24, 2.45) is 17.1 Å². The molecule has 0 radical (unpaired) electrons. The molecule has 2 unspecified atom stereocenters. The molecule has 0 aromatic carbocycles. The van der Waals surface area contributed by atoms with E-state index in [1.54, 1.807) is 0 Å². The Kier molecular flexibility index (Phi) is 5.26. The van der Waals surface area contributed by atoms with Crippen molar-refractivity contribution in [2.75, 3.05) is 6.54 Å². The van der Waals surface area contributed by atoms with Crippen LogP contribution in [0.25, 0.3) is 0 Å². The Morgan fingerprint density at radius 3 is 2.53 bits per heavy atom. The molecule has 2 aliphatic rings. The van der Waals surface area contributed by atoms with Gasteiger partial charge in [-0.25, -0.2) is 0 Å². The molecule has 2 aliphatic carbocycles. The van der Waals surface area contributed by atoms with Crippen molar-refractivity contribution in [2.45, 2.75) is 77.2 Å². The first kappa shape index (κ1) is 14.8. The highest BCUT2D eigenvalue weighted by atomic mass is 16.1. The quantitative estimate of drug-likeness (QED) is 0.822. The lowest BCUT2D eigenvalue weighted by molar-refractivity contribution is -0.123. The summed E-state index contributed by atoms with van der Waals surface area (Å²) in [5, 5.41) is 3.17. The molecule has 0 bridgehead atoms. The molecule has 0 saturated heterocycles. The number of nitrogens with one attached hydrogen (secondary N) is 1. The van der Waals surface area contributed by atoms with Crippen LogP contribution < -0.4 is 11.1 Å². The van der Waals surface area contributed by atoms with Crippen LogP contribution in [-0.4, -0.2) is 18.5 Å². The van der Waals surface area contributed by atoms with Gasteiger partial charge >= 0.3 is 0 Å². The van der Waals surface area contributed by atoms with Crippen LogP contribution in [-0.2, 0) is 4.79 Å². The standard InChI is InChI=1S/C16H30N2O/c1-16(9-5-2-6-10-16)12-18-15(19)11-13-7-3-4-8-14(13)17/h13-14H,2-12,17H2,1H3,(H,18,19). The second-order valence-corrected chi connectivity index (χ2v) is 7.06. The average molecular weight is 266 g/mol. The van der Waals surface area contributed by atoms with Gasteiger partial charge < -0.3 is 11.1 Å². The Hall–Kier alpha value is -0.570. The SMILES string of the molecule is CC1(CNC(=O)CC2CCCCC2N)CCCCC1. The van der Waals surface area contributed by atoms with E-state index in [9.17, 15) is 4.79 Å². The Morgan fingerprint density at radius 2 is 1.84 bits per heavy atom. The molecular formula is C16H30N2O. The molecule has 2 saturated carbocycles. The molecule has 2 rings (SSSR count). The van der Waals surface area contributed by atoms with Gasteiger partial charge in [-0.2, -0.15) is 0 Å². The van der Waals surface area contributed by atoms with Crippen molar-refractivity contribution in [1.82, 2.24) is 5.32 Å². The lowest BCUT2D eigenvalue weighted by Crippen LogP contribution is -2.40. The minimum absolute atomic E-state index is 0.217. The van der Waals surface area contributed by atoms with Crippen molar-refractivity contribution < 1.29 is 4.79 Å². The summed E-state index contributed by atoms with van der Waals surface area (Å²) in [4.78, 5) is 12.1.